The molecule has 0 aliphatic carbocycles. The van der Waals surface area contributed by atoms with E-state index in [9.17, 15) is 4.21 Å². The highest BCUT2D eigenvalue weighted by Gasteiger charge is 2.08. The molecule has 0 fully saturated rings. The normalized spacial score (nSPS) is 15.4. The highest BCUT2D eigenvalue weighted by molar-refractivity contribution is 7.84. The number of rotatable bonds is 4. The number of hydrogen-bond donors (Lipinski definition) is 1. The van der Waals surface area contributed by atoms with Gasteiger partial charge in [0, 0.05) is 29.6 Å². The molecule has 0 aliphatic heterocycles. The lowest BCUT2D eigenvalue weighted by molar-refractivity contribution is 0.670. The van der Waals surface area contributed by atoms with Gasteiger partial charge in [0.1, 0.15) is 0 Å². The van der Waals surface area contributed by atoms with Gasteiger partial charge in [0.25, 0.3) is 0 Å². The molecular formula is C9H17N3OS. The Morgan fingerprint density at radius 3 is 2.79 bits per heavy atom. The molecule has 0 spiro atoms. The summed E-state index contributed by atoms with van der Waals surface area (Å²) in [5.74, 6) is 1.09. The van der Waals surface area contributed by atoms with Crippen LogP contribution in [0.15, 0.2) is 6.07 Å². The molecule has 0 aliphatic rings. The number of nitrogens with zero attached hydrogens (tertiary/aromatic N) is 2. The summed E-state index contributed by atoms with van der Waals surface area (Å²) in [5, 5.41) is 4.19. The van der Waals surface area contributed by atoms with Crippen molar-refractivity contribution in [2.75, 3.05) is 5.75 Å². The minimum atomic E-state index is -0.884. The molecule has 0 amide bonds. The van der Waals surface area contributed by atoms with Crippen molar-refractivity contribution in [3.05, 3.63) is 17.5 Å². The maximum atomic E-state index is 11.6. The summed E-state index contributed by atoms with van der Waals surface area (Å²) < 4.78 is 13.3. The molecule has 1 aromatic rings. The third kappa shape index (κ3) is 3.23. The lowest BCUT2D eigenvalue weighted by Crippen LogP contribution is -2.23. The molecule has 2 unspecified atom stereocenters. The lowest BCUT2D eigenvalue weighted by atomic mass is 10.4. The van der Waals surface area contributed by atoms with Gasteiger partial charge in [-0.2, -0.15) is 5.10 Å². The van der Waals surface area contributed by atoms with Gasteiger partial charge in [-0.25, -0.2) is 0 Å². The van der Waals surface area contributed by atoms with Crippen molar-refractivity contribution < 1.29 is 4.21 Å². The van der Waals surface area contributed by atoms with Crippen LogP contribution in [-0.2, 0) is 23.6 Å². The highest BCUT2D eigenvalue weighted by Crippen LogP contribution is 2.05. The Bertz CT molecular complexity index is 333. The zero-order chi connectivity index (χ0) is 10.7. The molecule has 0 saturated carbocycles. The van der Waals surface area contributed by atoms with Gasteiger partial charge < -0.3 is 5.73 Å². The van der Waals surface area contributed by atoms with E-state index in [1.165, 1.54) is 0 Å². The first-order valence-corrected chi connectivity index (χ1v) is 6.08. The van der Waals surface area contributed by atoms with E-state index in [2.05, 4.69) is 5.10 Å². The minimum absolute atomic E-state index is 0.00911. The lowest BCUT2D eigenvalue weighted by Gasteiger charge is -2.05. The molecule has 2 N–H and O–H groups in total. The van der Waals surface area contributed by atoms with E-state index >= 15 is 0 Å². The van der Waals surface area contributed by atoms with Gasteiger partial charge >= 0.3 is 0 Å². The molecule has 4 nitrogen and oxygen atoms in total. The molecule has 80 valence electrons. The maximum Gasteiger partial charge on any atom is 0.0656 e. The molecule has 14 heavy (non-hydrogen) atoms. The third-order valence-electron chi connectivity index (χ3n) is 1.86. The van der Waals surface area contributed by atoms with Gasteiger partial charge in [0.15, 0.2) is 0 Å². The monoisotopic (exact) mass is 215 g/mol. The number of aryl methyl sites for hydroxylation is 2. The van der Waals surface area contributed by atoms with Crippen LogP contribution in [-0.4, -0.2) is 25.8 Å². The van der Waals surface area contributed by atoms with Crippen LogP contribution in [0.2, 0.25) is 0 Å². The van der Waals surface area contributed by atoms with E-state index in [1.807, 2.05) is 27.0 Å². The van der Waals surface area contributed by atoms with Crippen LogP contribution in [0.1, 0.15) is 18.3 Å². The Kier molecular flexibility index (Phi) is 3.83. The van der Waals surface area contributed by atoms with Crippen molar-refractivity contribution in [1.29, 1.82) is 0 Å². The fourth-order valence-corrected chi connectivity index (χ4v) is 2.62. The molecule has 5 heteroatoms. The zero-order valence-electron chi connectivity index (χ0n) is 8.86. The Morgan fingerprint density at radius 1 is 1.71 bits per heavy atom. The summed E-state index contributed by atoms with van der Waals surface area (Å²) in [6.07, 6.45) is 0. The summed E-state index contributed by atoms with van der Waals surface area (Å²) in [6, 6.07) is 1.95. The fourth-order valence-electron chi connectivity index (χ4n) is 1.32. The Balaban J connectivity index is 2.60. The van der Waals surface area contributed by atoms with Crippen LogP contribution in [0, 0.1) is 6.92 Å². The standard InChI is InChI=1S/C9H17N3OS/c1-7(10)5-14(13)6-9-4-8(2)11-12(9)3/h4,7H,5-6,10H2,1-3H3. The van der Waals surface area contributed by atoms with Crippen LogP contribution in [0.4, 0.5) is 0 Å². The largest absolute Gasteiger partial charge is 0.327 e. The van der Waals surface area contributed by atoms with E-state index in [1.54, 1.807) is 4.68 Å². The van der Waals surface area contributed by atoms with E-state index in [4.69, 9.17) is 5.73 Å². The van der Waals surface area contributed by atoms with Crippen LogP contribution in [0.25, 0.3) is 0 Å². The zero-order valence-corrected chi connectivity index (χ0v) is 9.67. The van der Waals surface area contributed by atoms with Gasteiger partial charge in [-0.05, 0) is 19.9 Å². The molecule has 0 radical (unpaired) electrons. The summed E-state index contributed by atoms with van der Waals surface area (Å²) in [6.45, 7) is 3.80. The average molecular weight is 215 g/mol. The topological polar surface area (TPSA) is 60.9 Å². The number of hydrogen-bond acceptors (Lipinski definition) is 3. The second kappa shape index (κ2) is 4.70. The van der Waals surface area contributed by atoms with E-state index < -0.39 is 10.8 Å². The molecule has 2 atom stereocenters. The van der Waals surface area contributed by atoms with Crippen LogP contribution in [0.3, 0.4) is 0 Å². The minimum Gasteiger partial charge on any atom is -0.327 e. The van der Waals surface area contributed by atoms with Crippen molar-refractivity contribution in [2.24, 2.45) is 12.8 Å². The Labute approximate surface area is 86.9 Å². The molecule has 0 aromatic carbocycles. The Morgan fingerprint density at radius 2 is 2.36 bits per heavy atom. The summed E-state index contributed by atoms with van der Waals surface area (Å²) >= 11 is 0. The first-order valence-electron chi connectivity index (χ1n) is 4.59. The quantitative estimate of drug-likeness (QED) is 0.787. The third-order valence-corrected chi connectivity index (χ3v) is 3.37. The van der Waals surface area contributed by atoms with Gasteiger partial charge in [0.2, 0.25) is 0 Å². The van der Waals surface area contributed by atoms with Crippen molar-refractivity contribution in [3.63, 3.8) is 0 Å². The van der Waals surface area contributed by atoms with Gasteiger partial charge in [-0.15, -0.1) is 0 Å². The van der Waals surface area contributed by atoms with Crippen molar-refractivity contribution in [2.45, 2.75) is 25.6 Å². The van der Waals surface area contributed by atoms with Crippen molar-refractivity contribution >= 4 is 10.8 Å². The van der Waals surface area contributed by atoms with Crippen LogP contribution >= 0.6 is 0 Å². The SMILES string of the molecule is Cc1cc(CS(=O)CC(C)N)n(C)n1. The predicted octanol–water partition coefficient (Wildman–Crippen LogP) is 0.324. The predicted molar refractivity (Wildman–Crippen MR) is 58.3 cm³/mol. The smallest absolute Gasteiger partial charge is 0.0656 e. The maximum absolute atomic E-state index is 11.6. The molecule has 0 bridgehead atoms. The molecular weight excluding hydrogens is 198 g/mol. The molecule has 0 saturated heterocycles. The molecule has 1 rings (SSSR count). The van der Waals surface area contributed by atoms with Gasteiger partial charge in [0.05, 0.1) is 17.1 Å². The highest BCUT2D eigenvalue weighted by atomic mass is 32.2. The first kappa shape index (κ1) is 11.4. The van der Waals surface area contributed by atoms with E-state index in [0.29, 0.717) is 11.5 Å². The fraction of sp³-hybridized carbons (Fsp3) is 0.667. The summed E-state index contributed by atoms with van der Waals surface area (Å²) in [7, 11) is 0.983. The second-order valence-corrected chi connectivity index (χ2v) is 5.13. The number of nitrogens with two attached hydrogens (primary N) is 1. The number of aromatic nitrogens is 2. The molecule has 1 heterocycles. The second-order valence-electron chi connectivity index (χ2n) is 3.63. The first-order chi connectivity index (χ1) is 6.49. The van der Waals surface area contributed by atoms with Crippen molar-refractivity contribution in [1.82, 2.24) is 9.78 Å². The summed E-state index contributed by atoms with van der Waals surface area (Å²) in [4.78, 5) is 0. The van der Waals surface area contributed by atoms with E-state index in [0.717, 1.165) is 11.4 Å². The van der Waals surface area contributed by atoms with Gasteiger partial charge in [-0.1, -0.05) is 0 Å². The Hall–Kier alpha value is -0.680. The molecule has 1 aromatic heterocycles. The summed E-state index contributed by atoms with van der Waals surface area (Å²) in [5.41, 5.74) is 7.53. The van der Waals surface area contributed by atoms with Gasteiger partial charge in [-0.3, -0.25) is 8.89 Å². The van der Waals surface area contributed by atoms with Crippen LogP contribution < -0.4 is 5.73 Å². The van der Waals surface area contributed by atoms with Crippen molar-refractivity contribution in [3.8, 4) is 0 Å². The van der Waals surface area contributed by atoms with E-state index in [-0.39, 0.29) is 6.04 Å². The van der Waals surface area contributed by atoms with Crippen LogP contribution in [0.5, 0.6) is 0 Å². The average Bonchev–Trinajstić information content (AvgIpc) is 2.28.